The van der Waals surface area contributed by atoms with Crippen molar-refractivity contribution < 1.29 is 9.90 Å². The number of hydrogen-bond donors (Lipinski definition) is 1. The van der Waals surface area contributed by atoms with Crippen LogP contribution in [0.15, 0.2) is 29.6 Å². The monoisotopic (exact) mass is 310 g/mol. The van der Waals surface area contributed by atoms with Crippen LogP contribution in [0, 0.1) is 0 Å². The molecule has 0 saturated heterocycles. The van der Waals surface area contributed by atoms with Gasteiger partial charge in [-0.05, 0) is 37.4 Å². The lowest BCUT2D eigenvalue weighted by Crippen LogP contribution is -2.31. The molecule has 2 aromatic rings. The molecule has 1 N–H and O–H groups in total. The zero-order valence-electron chi connectivity index (χ0n) is 11.2. The SMILES string of the molecule is CC(C)N(Cc1cccs1)c1ccc(Cl)c(C(=O)O)n1. The normalized spacial score (nSPS) is 10.8. The first-order valence-electron chi connectivity index (χ1n) is 6.18. The number of carbonyl (C=O) groups is 1. The number of carboxylic acid groups (broad SMARTS) is 1. The summed E-state index contributed by atoms with van der Waals surface area (Å²) in [5, 5.41) is 11.3. The van der Waals surface area contributed by atoms with Crippen LogP contribution in [-0.4, -0.2) is 22.1 Å². The third-order valence-corrected chi connectivity index (χ3v) is 4.02. The van der Waals surface area contributed by atoms with Gasteiger partial charge in [0.2, 0.25) is 0 Å². The highest BCUT2D eigenvalue weighted by molar-refractivity contribution is 7.09. The number of hydrogen-bond acceptors (Lipinski definition) is 4. The number of rotatable bonds is 5. The van der Waals surface area contributed by atoms with Crippen molar-refractivity contribution in [3.63, 3.8) is 0 Å². The maximum Gasteiger partial charge on any atom is 0.356 e. The molecule has 0 unspecified atom stereocenters. The molecular weight excluding hydrogens is 296 g/mol. The van der Waals surface area contributed by atoms with E-state index < -0.39 is 5.97 Å². The van der Waals surface area contributed by atoms with Crippen molar-refractivity contribution in [2.24, 2.45) is 0 Å². The van der Waals surface area contributed by atoms with Crippen LogP contribution in [0.1, 0.15) is 29.2 Å². The molecule has 4 nitrogen and oxygen atoms in total. The Morgan fingerprint density at radius 3 is 2.75 bits per heavy atom. The molecule has 0 radical (unpaired) electrons. The number of aromatic carboxylic acids is 1. The van der Waals surface area contributed by atoms with Gasteiger partial charge in [-0.15, -0.1) is 11.3 Å². The number of nitrogens with zero attached hydrogens (tertiary/aromatic N) is 2. The van der Waals surface area contributed by atoms with Gasteiger partial charge in [0.15, 0.2) is 5.69 Å². The summed E-state index contributed by atoms with van der Waals surface area (Å²) in [7, 11) is 0. The molecule has 0 spiro atoms. The number of anilines is 1. The zero-order valence-corrected chi connectivity index (χ0v) is 12.8. The largest absolute Gasteiger partial charge is 0.476 e. The van der Waals surface area contributed by atoms with Gasteiger partial charge in [0.05, 0.1) is 11.6 Å². The Balaban J connectivity index is 2.34. The van der Waals surface area contributed by atoms with E-state index in [4.69, 9.17) is 16.7 Å². The number of pyridine rings is 1. The van der Waals surface area contributed by atoms with Gasteiger partial charge in [0.25, 0.3) is 0 Å². The summed E-state index contributed by atoms with van der Waals surface area (Å²) >= 11 is 7.52. The van der Waals surface area contributed by atoms with E-state index in [2.05, 4.69) is 9.88 Å². The van der Waals surface area contributed by atoms with Crippen molar-refractivity contribution in [2.45, 2.75) is 26.4 Å². The van der Waals surface area contributed by atoms with Gasteiger partial charge in [-0.25, -0.2) is 9.78 Å². The van der Waals surface area contributed by atoms with E-state index in [1.165, 1.54) is 4.88 Å². The molecule has 106 valence electrons. The smallest absolute Gasteiger partial charge is 0.356 e. The minimum absolute atomic E-state index is 0.110. The molecule has 0 bridgehead atoms. The van der Waals surface area contributed by atoms with E-state index in [-0.39, 0.29) is 16.8 Å². The maximum atomic E-state index is 11.1. The summed E-state index contributed by atoms with van der Waals surface area (Å²) in [6.07, 6.45) is 0. The zero-order chi connectivity index (χ0) is 14.7. The Kier molecular flexibility index (Phi) is 4.62. The molecule has 2 heterocycles. The predicted octanol–water partition coefficient (Wildman–Crippen LogP) is 3.91. The molecule has 0 aliphatic rings. The molecule has 6 heteroatoms. The van der Waals surface area contributed by atoms with Gasteiger partial charge in [-0.3, -0.25) is 0 Å². The van der Waals surface area contributed by atoms with Crippen LogP contribution >= 0.6 is 22.9 Å². The lowest BCUT2D eigenvalue weighted by atomic mass is 10.2. The van der Waals surface area contributed by atoms with Crippen LogP contribution in [0.4, 0.5) is 5.82 Å². The highest BCUT2D eigenvalue weighted by atomic mass is 35.5. The van der Waals surface area contributed by atoms with Crippen molar-refractivity contribution in [1.82, 2.24) is 4.98 Å². The minimum Gasteiger partial charge on any atom is -0.476 e. The third-order valence-electron chi connectivity index (χ3n) is 2.86. The van der Waals surface area contributed by atoms with E-state index in [0.29, 0.717) is 12.4 Å². The van der Waals surface area contributed by atoms with E-state index in [0.717, 1.165) is 0 Å². The summed E-state index contributed by atoms with van der Waals surface area (Å²) in [5.74, 6) is -0.494. The van der Waals surface area contributed by atoms with Gasteiger partial charge in [0, 0.05) is 10.9 Å². The van der Waals surface area contributed by atoms with E-state index in [1.54, 1.807) is 23.5 Å². The summed E-state index contributed by atoms with van der Waals surface area (Å²) < 4.78 is 0. The Morgan fingerprint density at radius 1 is 1.45 bits per heavy atom. The minimum atomic E-state index is -1.11. The van der Waals surface area contributed by atoms with E-state index >= 15 is 0 Å². The summed E-state index contributed by atoms with van der Waals surface area (Å²) in [4.78, 5) is 18.5. The fourth-order valence-corrected chi connectivity index (χ4v) is 2.73. The molecule has 0 fully saturated rings. The van der Waals surface area contributed by atoms with Crippen LogP contribution in [0.3, 0.4) is 0 Å². The van der Waals surface area contributed by atoms with Crippen molar-refractivity contribution in [1.29, 1.82) is 0 Å². The fraction of sp³-hybridized carbons (Fsp3) is 0.286. The second-order valence-corrected chi connectivity index (χ2v) is 6.05. The van der Waals surface area contributed by atoms with E-state index in [9.17, 15) is 4.79 Å². The number of aromatic nitrogens is 1. The van der Waals surface area contributed by atoms with Crippen molar-refractivity contribution in [3.05, 3.63) is 45.2 Å². The molecular formula is C14H15ClN2O2S. The van der Waals surface area contributed by atoms with Crippen molar-refractivity contribution in [2.75, 3.05) is 4.90 Å². The summed E-state index contributed by atoms with van der Waals surface area (Å²) in [6, 6.07) is 7.58. The van der Waals surface area contributed by atoms with Crippen LogP contribution in [0.25, 0.3) is 0 Å². The maximum absolute atomic E-state index is 11.1. The fourth-order valence-electron chi connectivity index (χ4n) is 1.84. The topological polar surface area (TPSA) is 53.4 Å². The molecule has 0 aliphatic carbocycles. The molecule has 0 saturated carbocycles. The lowest BCUT2D eigenvalue weighted by Gasteiger charge is -2.27. The van der Waals surface area contributed by atoms with Crippen molar-refractivity contribution in [3.8, 4) is 0 Å². The molecule has 0 aliphatic heterocycles. The molecule has 0 aromatic carbocycles. The molecule has 2 aromatic heterocycles. The number of thiophene rings is 1. The average Bonchev–Trinajstić information content (AvgIpc) is 2.89. The van der Waals surface area contributed by atoms with Gasteiger partial charge in [-0.2, -0.15) is 0 Å². The first-order valence-corrected chi connectivity index (χ1v) is 7.43. The van der Waals surface area contributed by atoms with Crippen LogP contribution in [0.2, 0.25) is 5.02 Å². The standard InChI is InChI=1S/C14H15ClN2O2S/c1-9(2)17(8-10-4-3-7-20-10)12-6-5-11(15)13(16-12)14(18)19/h3-7,9H,8H2,1-2H3,(H,18,19). The quantitative estimate of drug-likeness (QED) is 0.909. The molecule has 20 heavy (non-hydrogen) atoms. The van der Waals surface area contributed by atoms with Gasteiger partial charge in [0.1, 0.15) is 5.82 Å². The third kappa shape index (κ3) is 3.29. The van der Waals surface area contributed by atoms with Crippen LogP contribution < -0.4 is 4.90 Å². The molecule has 2 rings (SSSR count). The first kappa shape index (κ1) is 14.8. The summed E-state index contributed by atoms with van der Waals surface area (Å²) in [6.45, 7) is 4.79. The van der Waals surface area contributed by atoms with Gasteiger partial charge in [-0.1, -0.05) is 17.7 Å². The number of carboxylic acids is 1. The number of halogens is 1. The average molecular weight is 311 g/mol. The predicted molar refractivity (Wildman–Crippen MR) is 81.8 cm³/mol. The molecule has 0 atom stereocenters. The van der Waals surface area contributed by atoms with Gasteiger partial charge < -0.3 is 10.0 Å². The van der Waals surface area contributed by atoms with Crippen LogP contribution in [0.5, 0.6) is 0 Å². The van der Waals surface area contributed by atoms with Crippen molar-refractivity contribution >= 4 is 34.7 Å². The van der Waals surface area contributed by atoms with Crippen LogP contribution in [-0.2, 0) is 6.54 Å². The van der Waals surface area contributed by atoms with E-state index in [1.807, 2.05) is 31.4 Å². The Morgan fingerprint density at radius 2 is 2.20 bits per heavy atom. The molecule has 0 amide bonds. The highest BCUT2D eigenvalue weighted by Gasteiger charge is 2.17. The highest BCUT2D eigenvalue weighted by Crippen LogP contribution is 2.23. The second kappa shape index (κ2) is 6.24. The first-order chi connectivity index (χ1) is 9.49. The summed E-state index contributed by atoms with van der Waals surface area (Å²) in [5.41, 5.74) is -0.110. The Hall–Kier alpha value is -1.59. The lowest BCUT2D eigenvalue weighted by molar-refractivity contribution is 0.0691. The Labute approximate surface area is 126 Å². The Bertz CT molecular complexity index is 599. The van der Waals surface area contributed by atoms with Gasteiger partial charge >= 0.3 is 5.97 Å². The second-order valence-electron chi connectivity index (χ2n) is 4.61.